The molecule has 0 spiro atoms. The zero-order valence-electron chi connectivity index (χ0n) is 14.5. The number of hydrogen-bond acceptors (Lipinski definition) is 0. The topological polar surface area (TPSA) is 3.88 Å². The van der Waals surface area contributed by atoms with E-state index in [1.54, 1.807) is 5.57 Å². The van der Waals surface area contributed by atoms with E-state index in [4.69, 9.17) is 0 Å². The molecule has 3 aliphatic rings. The molecule has 21 heavy (non-hydrogen) atoms. The summed E-state index contributed by atoms with van der Waals surface area (Å²) >= 11 is 0. The van der Waals surface area contributed by atoms with Gasteiger partial charge in [0.15, 0.2) is 12.2 Å². The van der Waals surface area contributed by atoms with Crippen LogP contribution in [0, 0.1) is 0 Å². The lowest BCUT2D eigenvalue weighted by Crippen LogP contribution is -2.39. The van der Waals surface area contributed by atoms with Gasteiger partial charge in [0.05, 0.1) is 6.42 Å². The molecule has 2 heterocycles. The largest absolute Gasteiger partial charge is 0.209 e. The number of allylic oxidation sites excluding steroid dienone is 5. The van der Waals surface area contributed by atoms with Crippen LogP contribution in [0.15, 0.2) is 35.9 Å². The Hall–Kier alpha value is -1.63. The van der Waals surface area contributed by atoms with E-state index in [1.807, 2.05) is 41.5 Å². The second-order valence-electron chi connectivity index (χ2n) is 4.42. The van der Waals surface area contributed by atoms with E-state index in [0.717, 1.165) is 19.4 Å². The van der Waals surface area contributed by atoms with Crippen LogP contribution in [0.4, 0.5) is 0 Å². The summed E-state index contributed by atoms with van der Waals surface area (Å²) in [5, 5.41) is 0. The lowest BCUT2D eigenvalue weighted by atomic mass is 10.1. The number of pyridine rings is 1. The second kappa shape index (κ2) is 8.61. The summed E-state index contributed by atoms with van der Waals surface area (Å²) in [6.07, 6.45) is 11.3. The van der Waals surface area contributed by atoms with Gasteiger partial charge in [0.2, 0.25) is 5.69 Å². The molecule has 1 nitrogen and oxygen atoms in total. The van der Waals surface area contributed by atoms with Gasteiger partial charge in [-0.2, -0.15) is 4.57 Å². The van der Waals surface area contributed by atoms with E-state index in [9.17, 15) is 0 Å². The zero-order chi connectivity index (χ0) is 15.8. The van der Waals surface area contributed by atoms with E-state index in [1.165, 1.54) is 22.5 Å². The Kier molecular flexibility index (Phi) is 7.14. The summed E-state index contributed by atoms with van der Waals surface area (Å²) in [6, 6.07) is 4.54. The summed E-state index contributed by atoms with van der Waals surface area (Å²) in [4.78, 5) is 0. The molecule has 0 atom stereocenters. The molecular formula is C20H30N+. The molecule has 0 bridgehead atoms. The Bertz CT molecular complexity index is 559. The molecule has 2 aliphatic carbocycles. The highest BCUT2D eigenvalue weighted by molar-refractivity contribution is 5.73. The van der Waals surface area contributed by atoms with Gasteiger partial charge in [-0.1, -0.05) is 65.8 Å². The highest BCUT2D eigenvalue weighted by Gasteiger charge is 2.33. The maximum Gasteiger partial charge on any atom is 0.209 e. The van der Waals surface area contributed by atoms with Gasteiger partial charge < -0.3 is 0 Å². The third kappa shape index (κ3) is 3.18. The summed E-state index contributed by atoms with van der Waals surface area (Å²) < 4.78 is 2.49. The van der Waals surface area contributed by atoms with E-state index in [2.05, 4.69) is 41.0 Å². The first-order chi connectivity index (χ1) is 10.4. The first-order valence-electron chi connectivity index (χ1n) is 8.55. The molecule has 1 heteroatoms. The van der Waals surface area contributed by atoms with Crippen LogP contribution in [0.1, 0.15) is 64.9 Å². The minimum Gasteiger partial charge on any atom is -0.191 e. The van der Waals surface area contributed by atoms with Crippen molar-refractivity contribution >= 4 is 11.6 Å². The molecule has 1 aromatic heterocycles. The first kappa shape index (κ1) is 17.4. The van der Waals surface area contributed by atoms with Gasteiger partial charge in [-0.25, -0.2) is 0 Å². The number of hydrogen-bond donors (Lipinski definition) is 0. The van der Waals surface area contributed by atoms with E-state index in [-0.39, 0.29) is 0 Å². The average Bonchev–Trinajstić information content (AvgIpc) is 3.27. The molecule has 4 rings (SSSR count). The van der Waals surface area contributed by atoms with Crippen LogP contribution in [-0.4, -0.2) is 0 Å². The minimum atomic E-state index is 1.09. The van der Waals surface area contributed by atoms with Crippen molar-refractivity contribution in [3.8, 4) is 0 Å². The Balaban J connectivity index is 0.000000332. The van der Waals surface area contributed by atoms with Crippen molar-refractivity contribution in [3.05, 3.63) is 52.9 Å². The third-order valence-corrected chi connectivity index (χ3v) is 3.65. The van der Waals surface area contributed by atoms with Gasteiger partial charge in [0.25, 0.3) is 0 Å². The maximum absolute atomic E-state index is 2.49. The van der Waals surface area contributed by atoms with Crippen molar-refractivity contribution in [2.75, 3.05) is 0 Å². The van der Waals surface area contributed by atoms with E-state index < -0.39 is 0 Å². The van der Waals surface area contributed by atoms with Crippen molar-refractivity contribution < 1.29 is 4.57 Å². The van der Waals surface area contributed by atoms with Gasteiger partial charge in [0, 0.05) is 22.8 Å². The van der Waals surface area contributed by atoms with Gasteiger partial charge >= 0.3 is 0 Å². The van der Waals surface area contributed by atoms with Crippen LogP contribution < -0.4 is 4.57 Å². The quantitative estimate of drug-likeness (QED) is 0.565. The number of nitrogens with zero attached hydrogens (tertiary/aromatic N) is 1. The number of rotatable bonds is 0. The Morgan fingerprint density at radius 3 is 2.19 bits per heavy atom. The van der Waals surface area contributed by atoms with Gasteiger partial charge in [-0.05, 0) is 12.5 Å². The summed E-state index contributed by atoms with van der Waals surface area (Å²) in [5.74, 6) is 0. The predicted molar refractivity (Wildman–Crippen MR) is 94.1 cm³/mol. The molecule has 0 saturated carbocycles. The van der Waals surface area contributed by atoms with Crippen LogP contribution in [0.5, 0.6) is 0 Å². The molecule has 1 aromatic rings. The molecular weight excluding hydrogens is 254 g/mol. The van der Waals surface area contributed by atoms with Crippen LogP contribution in [0.25, 0.3) is 11.6 Å². The summed E-state index contributed by atoms with van der Waals surface area (Å²) in [6.45, 7) is 13.1. The Morgan fingerprint density at radius 2 is 1.48 bits per heavy atom. The number of aromatic nitrogens is 1. The first-order valence-corrected chi connectivity index (χ1v) is 8.55. The summed E-state index contributed by atoms with van der Waals surface area (Å²) in [5.41, 5.74) is 7.41. The molecule has 0 N–H and O–H groups in total. The molecule has 0 aromatic carbocycles. The van der Waals surface area contributed by atoms with Gasteiger partial charge in [0.1, 0.15) is 0 Å². The normalized spacial score (nSPS) is 15.0. The molecule has 0 saturated heterocycles. The van der Waals surface area contributed by atoms with Gasteiger partial charge in [-0.3, -0.25) is 0 Å². The summed E-state index contributed by atoms with van der Waals surface area (Å²) in [7, 11) is 0. The monoisotopic (exact) mass is 284 g/mol. The fourth-order valence-electron chi connectivity index (χ4n) is 2.92. The van der Waals surface area contributed by atoms with Crippen molar-refractivity contribution in [1.29, 1.82) is 0 Å². The predicted octanol–water partition coefficient (Wildman–Crippen LogP) is 5.35. The minimum absolute atomic E-state index is 1.09. The van der Waals surface area contributed by atoms with Crippen LogP contribution in [0.3, 0.4) is 0 Å². The van der Waals surface area contributed by atoms with Crippen molar-refractivity contribution in [2.24, 2.45) is 0 Å². The second-order valence-corrected chi connectivity index (χ2v) is 4.42. The standard InChI is InChI=1S/C14H12N.3C2H6/c1-4-11-9-15-13-6-2-3-10(13)7-8-14(15)12(11)5-1;3*1-2/h1-4,7-8H,5-6,9H2;3*1-2H3/q+1;;;. The lowest BCUT2D eigenvalue weighted by molar-refractivity contribution is -0.692. The fraction of sp³-hybridized carbons (Fsp3) is 0.450. The highest BCUT2D eigenvalue weighted by Crippen LogP contribution is 2.33. The van der Waals surface area contributed by atoms with Crippen LogP contribution in [0.2, 0.25) is 0 Å². The Morgan fingerprint density at radius 1 is 0.810 bits per heavy atom. The third-order valence-electron chi connectivity index (χ3n) is 3.65. The van der Waals surface area contributed by atoms with Gasteiger partial charge in [-0.15, -0.1) is 0 Å². The zero-order valence-corrected chi connectivity index (χ0v) is 14.5. The average molecular weight is 284 g/mol. The molecule has 0 amide bonds. The maximum atomic E-state index is 2.49. The number of fused-ring (bicyclic) bond motifs is 4. The molecule has 0 radical (unpaired) electrons. The Labute approximate surface area is 130 Å². The van der Waals surface area contributed by atoms with Crippen molar-refractivity contribution in [1.82, 2.24) is 0 Å². The smallest absolute Gasteiger partial charge is 0.191 e. The molecule has 114 valence electrons. The molecule has 0 fully saturated rings. The van der Waals surface area contributed by atoms with E-state index in [0.29, 0.717) is 0 Å². The fourth-order valence-corrected chi connectivity index (χ4v) is 2.92. The SMILES string of the molecule is C1=CC2=C(C1)c1ccc3c([n+]1C2)CC=C3.CC.CC.CC. The molecule has 0 unspecified atom stereocenters. The van der Waals surface area contributed by atoms with Crippen molar-refractivity contribution in [2.45, 2.75) is 60.9 Å². The molecule has 1 aliphatic heterocycles. The highest BCUT2D eigenvalue weighted by atomic mass is 15.0. The van der Waals surface area contributed by atoms with E-state index >= 15 is 0 Å². The van der Waals surface area contributed by atoms with Crippen LogP contribution in [-0.2, 0) is 13.0 Å². The van der Waals surface area contributed by atoms with Crippen LogP contribution >= 0.6 is 0 Å². The lowest BCUT2D eigenvalue weighted by Gasteiger charge is -2.02. The van der Waals surface area contributed by atoms with Crippen molar-refractivity contribution in [3.63, 3.8) is 0 Å².